The van der Waals surface area contributed by atoms with Crippen molar-refractivity contribution in [3.8, 4) is 0 Å². The van der Waals surface area contributed by atoms with Crippen LogP contribution in [0.15, 0.2) is 0 Å². The molecular weight excluding hydrogens is 204 g/mol. The average molecular weight is 226 g/mol. The van der Waals surface area contributed by atoms with Crippen LogP contribution < -0.4 is 5.32 Å². The molecule has 16 heavy (non-hydrogen) atoms. The third kappa shape index (κ3) is 2.55. The zero-order valence-electron chi connectivity index (χ0n) is 9.98. The monoisotopic (exact) mass is 226 g/mol. The lowest BCUT2D eigenvalue weighted by Crippen LogP contribution is -2.36. The van der Waals surface area contributed by atoms with Crippen molar-refractivity contribution >= 4 is 5.97 Å². The Morgan fingerprint density at radius 2 is 2.06 bits per heavy atom. The Hall–Kier alpha value is -0.610. The quantitative estimate of drug-likeness (QED) is 0.747. The molecule has 4 heteroatoms. The highest BCUT2D eigenvalue weighted by Gasteiger charge is 2.35. The summed E-state index contributed by atoms with van der Waals surface area (Å²) in [7, 11) is 0. The molecule has 2 atom stereocenters. The highest BCUT2D eigenvalue weighted by atomic mass is 16.4. The van der Waals surface area contributed by atoms with Gasteiger partial charge in [0.15, 0.2) is 0 Å². The van der Waals surface area contributed by atoms with Crippen molar-refractivity contribution in [2.75, 3.05) is 26.2 Å². The Morgan fingerprint density at radius 3 is 2.56 bits per heavy atom. The predicted molar refractivity (Wildman–Crippen MR) is 62.4 cm³/mol. The topological polar surface area (TPSA) is 52.6 Å². The van der Waals surface area contributed by atoms with Crippen molar-refractivity contribution in [1.29, 1.82) is 0 Å². The molecule has 0 aromatic rings. The second-order valence-electron chi connectivity index (χ2n) is 5.07. The van der Waals surface area contributed by atoms with Crippen molar-refractivity contribution < 1.29 is 9.90 Å². The zero-order chi connectivity index (χ0) is 11.5. The van der Waals surface area contributed by atoms with E-state index in [0.717, 1.165) is 25.4 Å². The van der Waals surface area contributed by atoms with E-state index in [1.807, 2.05) is 0 Å². The number of rotatable bonds is 3. The summed E-state index contributed by atoms with van der Waals surface area (Å²) in [5.74, 6) is 0.633. The SMILES string of the molecule is CCN1CCC(C2CNC(C(=O)O)C2)CC1. The van der Waals surface area contributed by atoms with Gasteiger partial charge in [0.2, 0.25) is 0 Å². The van der Waals surface area contributed by atoms with Gasteiger partial charge in [-0.2, -0.15) is 0 Å². The maximum absolute atomic E-state index is 10.9. The normalized spacial score (nSPS) is 33.1. The van der Waals surface area contributed by atoms with Gasteiger partial charge in [-0.3, -0.25) is 4.79 Å². The number of carbonyl (C=O) groups is 1. The molecule has 0 spiro atoms. The number of hydrogen-bond donors (Lipinski definition) is 2. The second kappa shape index (κ2) is 5.15. The van der Waals surface area contributed by atoms with Gasteiger partial charge in [0.25, 0.3) is 0 Å². The van der Waals surface area contributed by atoms with Crippen LogP contribution in [0.2, 0.25) is 0 Å². The lowest BCUT2D eigenvalue weighted by atomic mass is 9.83. The molecule has 2 aliphatic heterocycles. The molecule has 0 amide bonds. The molecule has 2 saturated heterocycles. The second-order valence-corrected chi connectivity index (χ2v) is 5.07. The fourth-order valence-corrected chi connectivity index (χ4v) is 3.05. The first kappa shape index (κ1) is 11.9. The largest absolute Gasteiger partial charge is 0.480 e. The third-order valence-corrected chi connectivity index (χ3v) is 4.21. The lowest BCUT2D eigenvalue weighted by molar-refractivity contribution is -0.139. The molecule has 2 heterocycles. The van der Waals surface area contributed by atoms with Crippen molar-refractivity contribution in [2.24, 2.45) is 11.8 Å². The highest BCUT2D eigenvalue weighted by molar-refractivity contribution is 5.73. The molecular formula is C12H22N2O2. The highest BCUT2D eigenvalue weighted by Crippen LogP contribution is 2.30. The van der Waals surface area contributed by atoms with Crippen LogP contribution in [0.5, 0.6) is 0 Å². The fraction of sp³-hybridized carbons (Fsp3) is 0.917. The summed E-state index contributed by atoms with van der Waals surface area (Å²) in [6.07, 6.45) is 3.31. The molecule has 0 bridgehead atoms. The molecule has 2 rings (SSSR count). The van der Waals surface area contributed by atoms with E-state index in [0.29, 0.717) is 5.92 Å². The number of hydrogen-bond acceptors (Lipinski definition) is 3. The standard InChI is InChI=1S/C12H22N2O2/c1-2-14-5-3-9(4-6-14)10-7-11(12(15)16)13-8-10/h9-11,13H,2-8H2,1H3,(H,15,16). The van der Waals surface area contributed by atoms with Crippen LogP contribution in [0, 0.1) is 11.8 Å². The number of carboxylic acid groups (broad SMARTS) is 1. The number of aliphatic carboxylic acids is 1. The van der Waals surface area contributed by atoms with Gasteiger partial charge in [0.05, 0.1) is 0 Å². The smallest absolute Gasteiger partial charge is 0.320 e. The van der Waals surface area contributed by atoms with E-state index in [4.69, 9.17) is 5.11 Å². The van der Waals surface area contributed by atoms with Gasteiger partial charge in [-0.1, -0.05) is 6.92 Å². The molecule has 2 aliphatic rings. The van der Waals surface area contributed by atoms with E-state index in [1.165, 1.54) is 25.9 Å². The van der Waals surface area contributed by atoms with Crippen LogP contribution >= 0.6 is 0 Å². The number of piperidine rings is 1. The van der Waals surface area contributed by atoms with E-state index in [-0.39, 0.29) is 6.04 Å². The number of carboxylic acids is 1. The Bertz CT molecular complexity index is 249. The van der Waals surface area contributed by atoms with E-state index in [2.05, 4.69) is 17.1 Å². The van der Waals surface area contributed by atoms with Crippen LogP contribution in [0.4, 0.5) is 0 Å². The van der Waals surface area contributed by atoms with Gasteiger partial charge in [0.1, 0.15) is 6.04 Å². The summed E-state index contributed by atoms with van der Waals surface area (Å²) < 4.78 is 0. The molecule has 0 aromatic heterocycles. The Balaban J connectivity index is 1.80. The number of nitrogens with zero attached hydrogens (tertiary/aromatic N) is 1. The summed E-state index contributed by atoms with van der Waals surface area (Å²) in [6.45, 7) is 6.63. The first-order chi connectivity index (χ1) is 7.70. The summed E-state index contributed by atoms with van der Waals surface area (Å²) in [4.78, 5) is 13.3. The summed E-state index contributed by atoms with van der Waals surface area (Å²) in [5, 5.41) is 12.1. The van der Waals surface area contributed by atoms with E-state index >= 15 is 0 Å². The molecule has 2 fully saturated rings. The summed E-state index contributed by atoms with van der Waals surface area (Å²) in [5.41, 5.74) is 0. The summed E-state index contributed by atoms with van der Waals surface area (Å²) >= 11 is 0. The zero-order valence-corrected chi connectivity index (χ0v) is 9.98. The van der Waals surface area contributed by atoms with Crippen molar-refractivity contribution in [2.45, 2.75) is 32.2 Å². The fourth-order valence-electron chi connectivity index (χ4n) is 3.05. The van der Waals surface area contributed by atoms with Gasteiger partial charge in [0, 0.05) is 0 Å². The van der Waals surface area contributed by atoms with Gasteiger partial charge < -0.3 is 15.3 Å². The van der Waals surface area contributed by atoms with Crippen molar-refractivity contribution in [3.05, 3.63) is 0 Å². The van der Waals surface area contributed by atoms with Gasteiger partial charge >= 0.3 is 5.97 Å². The van der Waals surface area contributed by atoms with Crippen molar-refractivity contribution in [3.63, 3.8) is 0 Å². The Morgan fingerprint density at radius 1 is 1.38 bits per heavy atom. The first-order valence-corrected chi connectivity index (χ1v) is 6.39. The Kier molecular flexibility index (Phi) is 3.82. The van der Waals surface area contributed by atoms with Gasteiger partial charge in [-0.05, 0) is 57.3 Å². The van der Waals surface area contributed by atoms with Gasteiger partial charge in [-0.15, -0.1) is 0 Å². The van der Waals surface area contributed by atoms with Crippen LogP contribution in [-0.2, 0) is 4.79 Å². The van der Waals surface area contributed by atoms with E-state index < -0.39 is 5.97 Å². The first-order valence-electron chi connectivity index (χ1n) is 6.39. The number of nitrogens with one attached hydrogen (secondary N) is 1. The minimum Gasteiger partial charge on any atom is -0.480 e. The van der Waals surface area contributed by atoms with Crippen LogP contribution in [0.25, 0.3) is 0 Å². The molecule has 0 radical (unpaired) electrons. The lowest BCUT2D eigenvalue weighted by Gasteiger charge is -2.33. The number of likely N-dealkylation sites (tertiary alicyclic amines) is 1. The minimum atomic E-state index is -0.687. The average Bonchev–Trinajstić information content (AvgIpc) is 2.78. The third-order valence-electron chi connectivity index (χ3n) is 4.21. The molecule has 4 nitrogen and oxygen atoms in total. The van der Waals surface area contributed by atoms with E-state index in [1.54, 1.807) is 0 Å². The maximum atomic E-state index is 10.9. The summed E-state index contributed by atoms with van der Waals surface area (Å²) in [6, 6.07) is -0.297. The van der Waals surface area contributed by atoms with Crippen LogP contribution in [0.3, 0.4) is 0 Å². The Labute approximate surface area is 97.0 Å². The molecule has 0 saturated carbocycles. The molecule has 0 aromatic carbocycles. The van der Waals surface area contributed by atoms with Crippen molar-refractivity contribution in [1.82, 2.24) is 10.2 Å². The van der Waals surface area contributed by atoms with Crippen LogP contribution in [-0.4, -0.2) is 48.2 Å². The van der Waals surface area contributed by atoms with Gasteiger partial charge in [-0.25, -0.2) is 0 Å². The molecule has 0 aliphatic carbocycles. The van der Waals surface area contributed by atoms with E-state index in [9.17, 15) is 4.79 Å². The minimum absolute atomic E-state index is 0.297. The molecule has 92 valence electrons. The maximum Gasteiger partial charge on any atom is 0.320 e. The molecule has 2 N–H and O–H groups in total. The molecule has 2 unspecified atom stereocenters. The predicted octanol–water partition coefficient (Wildman–Crippen LogP) is 0.781. The van der Waals surface area contributed by atoms with Crippen LogP contribution in [0.1, 0.15) is 26.2 Å².